The standard InChI is InChI=1S/C7H10N4O3/c8-10(4-5-12)6-2-1-3-9-7(6)11(13)14/h1-3,12H,4-5,8H2. The molecule has 0 spiro atoms. The van der Waals surface area contributed by atoms with Gasteiger partial charge < -0.3 is 20.2 Å². The van der Waals surface area contributed by atoms with E-state index in [-0.39, 0.29) is 24.7 Å². The molecule has 1 heterocycles. The molecule has 1 rings (SSSR count). The lowest BCUT2D eigenvalue weighted by atomic mass is 10.3. The van der Waals surface area contributed by atoms with Gasteiger partial charge in [-0.1, -0.05) is 0 Å². The molecule has 0 aliphatic rings. The number of anilines is 1. The Morgan fingerprint density at radius 3 is 3.00 bits per heavy atom. The van der Waals surface area contributed by atoms with Crippen LogP contribution in [0.5, 0.6) is 0 Å². The molecule has 0 saturated heterocycles. The van der Waals surface area contributed by atoms with E-state index in [1.807, 2.05) is 0 Å². The lowest BCUT2D eigenvalue weighted by Crippen LogP contribution is -2.34. The van der Waals surface area contributed by atoms with Gasteiger partial charge in [-0.25, -0.2) is 5.84 Å². The molecular weight excluding hydrogens is 188 g/mol. The van der Waals surface area contributed by atoms with Crippen LogP contribution in [0.2, 0.25) is 0 Å². The van der Waals surface area contributed by atoms with E-state index >= 15 is 0 Å². The topological polar surface area (TPSA) is 106 Å². The van der Waals surface area contributed by atoms with Crippen LogP contribution < -0.4 is 10.9 Å². The fraction of sp³-hybridized carbons (Fsp3) is 0.286. The SMILES string of the molecule is NN(CCO)c1cccnc1[N+](=O)[O-]. The molecule has 0 unspecified atom stereocenters. The van der Waals surface area contributed by atoms with Crippen LogP contribution in [0.3, 0.4) is 0 Å². The first-order valence-corrected chi connectivity index (χ1v) is 3.89. The van der Waals surface area contributed by atoms with E-state index in [4.69, 9.17) is 10.9 Å². The normalized spacial score (nSPS) is 9.86. The van der Waals surface area contributed by atoms with Gasteiger partial charge in [0.15, 0.2) is 5.69 Å². The summed E-state index contributed by atoms with van der Waals surface area (Å²) < 4.78 is 0. The van der Waals surface area contributed by atoms with Gasteiger partial charge in [-0.05, 0) is 22.0 Å². The zero-order valence-corrected chi connectivity index (χ0v) is 7.33. The molecule has 0 amide bonds. The van der Waals surface area contributed by atoms with Crippen LogP contribution in [-0.2, 0) is 0 Å². The number of hydrogen-bond donors (Lipinski definition) is 2. The van der Waals surface area contributed by atoms with E-state index in [2.05, 4.69) is 4.98 Å². The summed E-state index contributed by atoms with van der Waals surface area (Å²) >= 11 is 0. The Balaban J connectivity index is 3.00. The summed E-state index contributed by atoms with van der Waals surface area (Å²) in [6.45, 7) is -0.0604. The quantitative estimate of drug-likeness (QED) is 0.389. The molecule has 0 saturated carbocycles. The third-order valence-electron chi connectivity index (χ3n) is 1.59. The first-order valence-electron chi connectivity index (χ1n) is 3.89. The average molecular weight is 198 g/mol. The number of nitrogens with zero attached hydrogens (tertiary/aromatic N) is 3. The van der Waals surface area contributed by atoms with Gasteiger partial charge in [-0.2, -0.15) is 0 Å². The summed E-state index contributed by atoms with van der Waals surface area (Å²) in [6.07, 6.45) is 1.31. The first-order chi connectivity index (χ1) is 6.66. The molecule has 0 atom stereocenters. The van der Waals surface area contributed by atoms with Gasteiger partial charge in [-0.15, -0.1) is 0 Å². The monoisotopic (exact) mass is 198 g/mol. The highest BCUT2D eigenvalue weighted by Gasteiger charge is 2.17. The lowest BCUT2D eigenvalue weighted by molar-refractivity contribution is -0.388. The molecule has 14 heavy (non-hydrogen) atoms. The molecule has 0 aliphatic heterocycles. The van der Waals surface area contributed by atoms with Gasteiger partial charge in [-0.3, -0.25) is 0 Å². The first kappa shape index (κ1) is 10.4. The lowest BCUT2D eigenvalue weighted by Gasteiger charge is -2.15. The highest BCUT2D eigenvalue weighted by Crippen LogP contribution is 2.22. The number of hydrazine groups is 1. The van der Waals surface area contributed by atoms with E-state index in [9.17, 15) is 10.1 Å². The molecule has 1 aromatic rings. The zero-order chi connectivity index (χ0) is 10.6. The average Bonchev–Trinajstić information content (AvgIpc) is 2.18. The van der Waals surface area contributed by atoms with Gasteiger partial charge in [0.25, 0.3) is 0 Å². The Hall–Kier alpha value is -1.73. The summed E-state index contributed by atoms with van der Waals surface area (Å²) in [4.78, 5) is 13.5. The molecule has 3 N–H and O–H groups in total. The summed E-state index contributed by atoms with van der Waals surface area (Å²) in [7, 11) is 0. The second kappa shape index (κ2) is 4.49. The molecule has 0 bridgehead atoms. The molecule has 76 valence electrons. The van der Waals surface area contributed by atoms with Crippen LogP contribution in [0.4, 0.5) is 11.5 Å². The van der Waals surface area contributed by atoms with E-state index in [1.54, 1.807) is 6.07 Å². The number of pyridine rings is 1. The van der Waals surface area contributed by atoms with Gasteiger partial charge in [0, 0.05) is 0 Å². The minimum Gasteiger partial charge on any atom is -0.394 e. The van der Waals surface area contributed by atoms with E-state index in [0.717, 1.165) is 5.01 Å². The summed E-state index contributed by atoms with van der Waals surface area (Å²) in [6, 6.07) is 3.01. The van der Waals surface area contributed by atoms with Crippen molar-refractivity contribution >= 4 is 11.5 Å². The third kappa shape index (κ3) is 2.15. The van der Waals surface area contributed by atoms with Crippen LogP contribution in [0, 0.1) is 10.1 Å². The Kier molecular flexibility index (Phi) is 3.32. The Morgan fingerprint density at radius 1 is 1.71 bits per heavy atom. The molecule has 7 heteroatoms. The van der Waals surface area contributed by atoms with Gasteiger partial charge in [0.05, 0.1) is 13.2 Å². The number of aliphatic hydroxyl groups excluding tert-OH is 1. The smallest absolute Gasteiger partial charge is 0.388 e. The van der Waals surface area contributed by atoms with E-state index < -0.39 is 4.92 Å². The summed E-state index contributed by atoms with van der Waals surface area (Å²) in [5.41, 5.74) is 0.187. The highest BCUT2D eigenvalue weighted by molar-refractivity contribution is 5.57. The second-order valence-corrected chi connectivity index (χ2v) is 2.52. The van der Waals surface area contributed by atoms with Crippen LogP contribution in [-0.4, -0.2) is 28.2 Å². The molecule has 0 aliphatic carbocycles. The van der Waals surface area contributed by atoms with Crippen molar-refractivity contribution in [3.8, 4) is 0 Å². The van der Waals surface area contributed by atoms with Crippen molar-refractivity contribution in [1.29, 1.82) is 0 Å². The molecular formula is C7H10N4O3. The summed E-state index contributed by atoms with van der Waals surface area (Å²) in [5.74, 6) is 5.16. The number of aromatic nitrogens is 1. The van der Waals surface area contributed by atoms with Gasteiger partial charge in [0.2, 0.25) is 0 Å². The summed E-state index contributed by atoms with van der Waals surface area (Å²) in [5, 5.41) is 20.2. The van der Waals surface area contributed by atoms with Gasteiger partial charge in [0.1, 0.15) is 6.20 Å². The Labute approximate surface area is 79.9 Å². The van der Waals surface area contributed by atoms with Crippen LogP contribution in [0.1, 0.15) is 0 Å². The second-order valence-electron chi connectivity index (χ2n) is 2.52. The number of nitro groups is 1. The molecule has 1 aromatic heterocycles. The molecule has 0 fully saturated rings. The van der Waals surface area contributed by atoms with Crippen molar-refractivity contribution in [3.63, 3.8) is 0 Å². The van der Waals surface area contributed by atoms with Crippen molar-refractivity contribution in [2.45, 2.75) is 0 Å². The maximum atomic E-state index is 10.5. The molecule has 0 aromatic carbocycles. The molecule has 7 nitrogen and oxygen atoms in total. The van der Waals surface area contributed by atoms with Crippen molar-refractivity contribution < 1.29 is 10.0 Å². The predicted molar refractivity (Wildman–Crippen MR) is 49.5 cm³/mol. The van der Waals surface area contributed by atoms with Crippen molar-refractivity contribution in [3.05, 3.63) is 28.4 Å². The largest absolute Gasteiger partial charge is 0.394 e. The number of aliphatic hydroxyl groups is 1. The minimum absolute atomic E-state index is 0.118. The van der Waals surface area contributed by atoms with Crippen LogP contribution >= 0.6 is 0 Å². The van der Waals surface area contributed by atoms with E-state index in [1.165, 1.54) is 12.3 Å². The van der Waals surface area contributed by atoms with Gasteiger partial charge >= 0.3 is 5.82 Å². The minimum atomic E-state index is -0.618. The fourth-order valence-electron chi connectivity index (χ4n) is 0.982. The number of nitrogens with two attached hydrogens (primary N) is 1. The zero-order valence-electron chi connectivity index (χ0n) is 7.33. The maximum Gasteiger partial charge on any atom is 0.388 e. The van der Waals surface area contributed by atoms with Crippen molar-refractivity contribution in [1.82, 2.24) is 4.98 Å². The number of hydrogen-bond acceptors (Lipinski definition) is 6. The molecule has 0 radical (unpaired) electrons. The highest BCUT2D eigenvalue weighted by atomic mass is 16.6. The van der Waals surface area contributed by atoms with E-state index in [0.29, 0.717) is 0 Å². The fourth-order valence-corrected chi connectivity index (χ4v) is 0.982. The van der Waals surface area contributed by atoms with Crippen molar-refractivity contribution in [2.75, 3.05) is 18.2 Å². The Bertz CT molecular complexity index is 330. The Morgan fingerprint density at radius 2 is 2.43 bits per heavy atom. The maximum absolute atomic E-state index is 10.5. The van der Waals surface area contributed by atoms with Crippen LogP contribution in [0.25, 0.3) is 0 Å². The predicted octanol–water partition coefficient (Wildman–Crippen LogP) is -0.338. The number of rotatable bonds is 4. The van der Waals surface area contributed by atoms with Crippen LogP contribution in [0.15, 0.2) is 18.3 Å². The third-order valence-corrected chi connectivity index (χ3v) is 1.59. The van der Waals surface area contributed by atoms with Crippen molar-refractivity contribution in [2.24, 2.45) is 5.84 Å².